The molecule has 3 rings (SSSR count). The molecule has 1 aromatic rings. The van der Waals surface area contributed by atoms with E-state index >= 15 is 0 Å². The first-order valence-electron chi connectivity index (χ1n) is 7.55. The normalized spacial score (nSPS) is 29.6. The Bertz CT molecular complexity index is 506. The second-order valence-corrected chi connectivity index (χ2v) is 6.40. The first-order chi connectivity index (χ1) is 10.1. The second kappa shape index (κ2) is 6.34. The zero-order chi connectivity index (χ0) is 14.8. The van der Waals surface area contributed by atoms with Gasteiger partial charge in [-0.05, 0) is 37.0 Å². The minimum Gasteiger partial charge on any atom is -0.370 e. The minimum absolute atomic E-state index is 0.0601. The minimum atomic E-state index is -0.0601. The van der Waals surface area contributed by atoms with Gasteiger partial charge in [-0.15, -0.1) is 0 Å². The molecule has 0 bridgehead atoms. The molecule has 0 unspecified atom stereocenters. The largest absolute Gasteiger partial charge is 0.370 e. The quantitative estimate of drug-likeness (QED) is 0.912. The Hall–Kier alpha value is -1.10. The number of rotatable bonds is 2. The molecular formula is C16H21ClN2O2. The highest BCUT2D eigenvalue weighted by Crippen LogP contribution is 2.29. The van der Waals surface area contributed by atoms with Crippen LogP contribution in [0.25, 0.3) is 0 Å². The zero-order valence-electron chi connectivity index (χ0n) is 12.0. The second-order valence-electron chi connectivity index (χ2n) is 5.97. The summed E-state index contributed by atoms with van der Waals surface area (Å²) in [6.07, 6.45) is 2.64. The van der Waals surface area contributed by atoms with Crippen LogP contribution in [-0.4, -0.2) is 36.5 Å². The van der Waals surface area contributed by atoms with Crippen molar-refractivity contribution in [3.8, 4) is 0 Å². The summed E-state index contributed by atoms with van der Waals surface area (Å²) in [5, 5.41) is 0.711. The summed E-state index contributed by atoms with van der Waals surface area (Å²) in [6, 6.07) is 7.83. The summed E-state index contributed by atoms with van der Waals surface area (Å²) in [6.45, 7) is 1.87. The number of hydrogen-bond acceptors (Lipinski definition) is 3. The molecule has 21 heavy (non-hydrogen) atoms. The number of ether oxygens (including phenoxy) is 1. The van der Waals surface area contributed by atoms with Crippen molar-refractivity contribution >= 4 is 17.5 Å². The third-order valence-electron chi connectivity index (χ3n) is 4.44. The lowest BCUT2D eigenvalue weighted by atomic mass is 10.0. The summed E-state index contributed by atoms with van der Waals surface area (Å²) in [7, 11) is 0. The van der Waals surface area contributed by atoms with E-state index in [1.165, 1.54) is 0 Å². The standard InChI is InChI=1S/C16H21ClN2O2/c17-13-4-1-11(2-5-13)15-10-19(7-8-21-15)16(20)12-3-6-14(18)9-12/h1-2,4-5,12,14-15H,3,6-10,18H2/t12-,14+,15+/m0/s1. The van der Waals surface area contributed by atoms with Crippen molar-refractivity contribution < 1.29 is 9.53 Å². The maximum absolute atomic E-state index is 12.6. The van der Waals surface area contributed by atoms with E-state index in [2.05, 4.69) is 0 Å². The molecule has 5 heteroatoms. The average molecular weight is 309 g/mol. The third kappa shape index (κ3) is 3.39. The zero-order valence-corrected chi connectivity index (χ0v) is 12.8. The maximum atomic E-state index is 12.6. The number of morpholine rings is 1. The van der Waals surface area contributed by atoms with Crippen LogP contribution in [0.3, 0.4) is 0 Å². The van der Waals surface area contributed by atoms with Gasteiger partial charge < -0.3 is 15.4 Å². The summed E-state index contributed by atoms with van der Waals surface area (Å²) < 4.78 is 5.81. The number of benzene rings is 1. The van der Waals surface area contributed by atoms with Crippen LogP contribution in [0.1, 0.15) is 30.9 Å². The van der Waals surface area contributed by atoms with Crippen molar-refractivity contribution in [1.29, 1.82) is 0 Å². The number of carbonyl (C=O) groups is 1. The predicted molar refractivity (Wildman–Crippen MR) is 82.0 cm³/mol. The van der Waals surface area contributed by atoms with E-state index in [-0.39, 0.29) is 24.0 Å². The molecule has 114 valence electrons. The van der Waals surface area contributed by atoms with Gasteiger partial charge in [0.05, 0.1) is 13.2 Å². The summed E-state index contributed by atoms with van der Waals surface area (Å²) in [5.74, 6) is 0.342. The van der Waals surface area contributed by atoms with Gasteiger partial charge in [0.15, 0.2) is 0 Å². The van der Waals surface area contributed by atoms with E-state index in [4.69, 9.17) is 22.1 Å². The molecular weight excluding hydrogens is 288 g/mol. The van der Waals surface area contributed by atoms with Crippen LogP contribution in [0.4, 0.5) is 0 Å². The van der Waals surface area contributed by atoms with E-state index in [0.29, 0.717) is 24.7 Å². The van der Waals surface area contributed by atoms with E-state index in [1.807, 2.05) is 29.2 Å². The molecule has 1 aliphatic heterocycles. The third-order valence-corrected chi connectivity index (χ3v) is 4.69. The van der Waals surface area contributed by atoms with Crippen LogP contribution in [0.15, 0.2) is 24.3 Å². The summed E-state index contributed by atoms with van der Waals surface area (Å²) in [4.78, 5) is 14.5. The van der Waals surface area contributed by atoms with Crippen molar-refractivity contribution in [3.05, 3.63) is 34.9 Å². The van der Waals surface area contributed by atoms with E-state index in [9.17, 15) is 4.79 Å². The van der Waals surface area contributed by atoms with Crippen LogP contribution < -0.4 is 5.73 Å². The highest BCUT2D eigenvalue weighted by atomic mass is 35.5. The van der Waals surface area contributed by atoms with Crippen molar-refractivity contribution in [2.45, 2.75) is 31.4 Å². The van der Waals surface area contributed by atoms with Gasteiger partial charge in [-0.3, -0.25) is 4.79 Å². The molecule has 1 saturated heterocycles. The molecule has 0 radical (unpaired) electrons. The molecule has 1 amide bonds. The smallest absolute Gasteiger partial charge is 0.225 e. The van der Waals surface area contributed by atoms with Gasteiger partial charge in [-0.25, -0.2) is 0 Å². The van der Waals surface area contributed by atoms with Gasteiger partial charge in [0, 0.05) is 23.5 Å². The fourth-order valence-electron chi connectivity index (χ4n) is 3.23. The van der Waals surface area contributed by atoms with E-state index in [1.54, 1.807) is 0 Å². The van der Waals surface area contributed by atoms with Crippen LogP contribution >= 0.6 is 11.6 Å². The summed E-state index contributed by atoms with van der Waals surface area (Å²) in [5.41, 5.74) is 6.99. The Labute approximate surface area is 130 Å². The Kier molecular flexibility index (Phi) is 4.48. The number of nitrogens with two attached hydrogens (primary N) is 1. The molecule has 0 aromatic heterocycles. The molecule has 1 heterocycles. The molecule has 3 atom stereocenters. The number of carbonyl (C=O) groups excluding carboxylic acids is 1. The van der Waals surface area contributed by atoms with Crippen molar-refractivity contribution in [2.75, 3.05) is 19.7 Å². The van der Waals surface area contributed by atoms with Crippen LogP contribution in [0.2, 0.25) is 5.02 Å². The molecule has 2 N–H and O–H groups in total. The summed E-state index contributed by atoms with van der Waals surface area (Å²) >= 11 is 5.91. The Morgan fingerprint density at radius 1 is 1.29 bits per heavy atom. The van der Waals surface area contributed by atoms with Crippen molar-refractivity contribution in [1.82, 2.24) is 4.90 Å². The van der Waals surface area contributed by atoms with Gasteiger partial charge in [0.2, 0.25) is 5.91 Å². The number of hydrogen-bond donors (Lipinski definition) is 1. The van der Waals surface area contributed by atoms with Crippen molar-refractivity contribution in [3.63, 3.8) is 0 Å². The molecule has 2 aliphatic rings. The van der Waals surface area contributed by atoms with Gasteiger partial charge in [-0.1, -0.05) is 23.7 Å². The van der Waals surface area contributed by atoms with Gasteiger partial charge in [-0.2, -0.15) is 0 Å². The van der Waals surface area contributed by atoms with Crippen molar-refractivity contribution in [2.24, 2.45) is 11.7 Å². The Morgan fingerprint density at radius 2 is 2.05 bits per heavy atom. The lowest BCUT2D eigenvalue weighted by Gasteiger charge is -2.34. The number of halogens is 1. The van der Waals surface area contributed by atoms with Crippen LogP contribution in [-0.2, 0) is 9.53 Å². The Morgan fingerprint density at radius 3 is 2.71 bits per heavy atom. The predicted octanol–water partition coefficient (Wildman–Crippen LogP) is 2.37. The van der Waals surface area contributed by atoms with Crippen LogP contribution in [0, 0.1) is 5.92 Å². The van der Waals surface area contributed by atoms with Gasteiger partial charge >= 0.3 is 0 Å². The van der Waals surface area contributed by atoms with Crippen LogP contribution in [0.5, 0.6) is 0 Å². The fourth-order valence-corrected chi connectivity index (χ4v) is 3.35. The molecule has 1 saturated carbocycles. The highest BCUT2D eigenvalue weighted by molar-refractivity contribution is 6.30. The molecule has 4 nitrogen and oxygen atoms in total. The first-order valence-corrected chi connectivity index (χ1v) is 7.92. The van der Waals surface area contributed by atoms with E-state index < -0.39 is 0 Å². The van der Waals surface area contributed by atoms with Gasteiger partial charge in [0.25, 0.3) is 0 Å². The molecule has 1 aromatic carbocycles. The lowest BCUT2D eigenvalue weighted by molar-refractivity contribution is -0.143. The Balaban J connectivity index is 1.65. The fraction of sp³-hybridized carbons (Fsp3) is 0.562. The molecule has 0 spiro atoms. The SMILES string of the molecule is N[C@@H]1CC[C@H](C(=O)N2CCO[C@@H](c3ccc(Cl)cc3)C2)C1. The molecule has 1 aliphatic carbocycles. The number of amides is 1. The number of nitrogens with zero attached hydrogens (tertiary/aromatic N) is 1. The highest BCUT2D eigenvalue weighted by Gasteiger charge is 2.33. The first kappa shape index (κ1) is 14.8. The van der Waals surface area contributed by atoms with E-state index in [0.717, 1.165) is 24.8 Å². The topological polar surface area (TPSA) is 55.6 Å². The monoisotopic (exact) mass is 308 g/mol. The van der Waals surface area contributed by atoms with Gasteiger partial charge in [0.1, 0.15) is 6.10 Å². The maximum Gasteiger partial charge on any atom is 0.225 e. The average Bonchev–Trinajstić information content (AvgIpc) is 2.94. The molecule has 2 fully saturated rings. The lowest BCUT2D eigenvalue weighted by Crippen LogP contribution is -2.44.